The van der Waals surface area contributed by atoms with Crippen LogP contribution >= 0.6 is 11.6 Å². The van der Waals surface area contributed by atoms with Gasteiger partial charge >= 0.3 is 0 Å². The average molecular weight is 500 g/mol. The molecular weight excluding hydrogens is 474 g/mol. The van der Waals surface area contributed by atoms with Crippen LogP contribution in [-0.4, -0.2) is 26.8 Å². The average Bonchev–Trinajstić information content (AvgIpc) is 2.79. The first kappa shape index (κ1) is 25.3. The Morgan fingerprint density at radius 2 is 1.71 bits per heavy atom. The number of anilines is 2. The van der Waals surface area contributed by atoms with E-state index in [1.807, 2.05) is 19.9 Å². The summed E-state index contributed by atoms with van der Waals surface area (Å²) in [6.45, 7) is 4.40. The fourth-order valence-electron chi connectivity index (χ4n) is 3.23. The van der Waals surface area contributed by atoms with Crippen molar-refractivity contribution in [2.75, 3.05) is 16.6 Å². The van der Waals surface area contributed by atoms with Crippen LogP contribution in [-0.2, 0) is 10.0 Å². The van der Waals surface area contributed by atoms with Crippen molar-refractivity contribution in [2.24, 2.45) is 0 Å². The Bertz CT molecular complexity index is 1310. The molecule has 0 radical (unpaired) electrons. The van der Waals surface area contributed by atoms with E-state index in [1.165, 1.54) is 18.2 Å². The summed E-state index contributed by atoms with van der Waals surface area (Å²) in [5.41, 5.74) is 1.98. The van der Waals surface area contributed by atoms with Gasteiger partial charge in [-0.15, -0.1) is 0 Å². The number of nitrogens with one attached hydrogen (secondary N) is 3. The summed E-state index contributed by atoms with van der Waals surface area (Å²) < 4.78 is 28.4. The lowest BCUT2D eigenvalue weighted by molar-refractivity contribution is 0.0954. The Labute approximate surface area is 204 Å². The highest BCUT2D eigenvalue weighted by Crippen LogP contribution is 2.26. The number of hydrogen-bond donors (Lipinski definition) is 3. The van der Waals surface area contributed by atoms with Crippen molar-refractivity contribution in [1.82, 2.24) is 5.32 Å². The quantitative estimate of drug-likeness (QED) is 0.350. The smallest absolute Gasteiger partial charge is 0.263 e. The molecule has 3 rings (SSSR count). The van der Waals surface area contributed by atoms with Gasteiger partial charge in [-0.3, -0.25) is 14.3 Å². The van der Waals surface area contributed by atoms with Gasteiger partial charge in [-0.2, -0.15) is 0 Å². The number of unbranched alkanes of at least 4 members (excludes halogenated alkanes) is 1. The first-order valence-corrected chi connectivity index (χ1v) is 12.6. The second-order valence-corrected chi connectivity index (χ2v) is 9.79. The number of para-hydroxylation sites is 1. The predicted molar refractivity (Wildman–Crippen MR) is 135 cm³/mol. The van der Waals surface area contributed by atoms with Crippen molar-refractivity contribution >= 4 is 44.8 Å². The van der Waals surface area contributed by atoms with Gasteiger partial charge in [0, 0.05) is 17.8 Å². The van der Waals surface area contributed by atoms with Crippen molar-refractivity contribution in [3.8, 4) is 0 Å². The van der Waals surface area contributed by atoms with Crippen molar-refractivity contribution in [2.45, 2.75) is 31.6 Å². The van der Waals surface area contributed by atoms with Crippen LogP contribution in [0, 0.1) is 6.92 Å². The molecule has 7 nitrogen and oxygen atoms in total. The highest BCUT2D eigenvalue weighted by molar-refractivity contribution is 7.92. The van der Waals surface area contributed by atoms with Gasteiger partial charge in [0.15, 0.2) is 0 Å². The zero-order valence-corrected chi connectivity index (χ0v) is 20.5. The number of hydrogen-bond acceptors (Lipinski definition) is 4. The third kappa shape index (κ3) is 6.36. The van der Waals surface area contributed by atoms with E-state index in [1.54, 1.807) is 42.5 Å². The van der Waals surface area contributed by atoms with Crippen molar-refractivity contribution in [3.63, 3.8) is 0 Å². The lowest BCUT2D eigenvalue weighted by Crippen LogP contribution is -2.26. The second-order valence-electron chi connectivity index (χ2n) is 7.73. The van der Waals surface area contributed by atoms with E-state index in [0.717, 1.165) is 18.4 Å². The fraction of sp³-hybridized carbons (Fsp3) is 0.200. The Kier molecular flexibility index (Phi) is 8.31. The Morgan fingerprint density at radius 3 is 2.44 bits per heavy atom. The van der Waals surface area contributed by atoms with E-state index < -0.39 is 15.9 Å². The van der Waals surface area contributed by atoms with Crippen LogP contribution in [0.25, 0.3) is 0 Å². The minimum Gasteiger partial charge on any atom is -0.352 e. The van der Waals surface area contributed by atoms with E-state index in [4.69, 9.17) is 11.6 Å². The standard InChI is InChI=1S/C25H26ClN3O4S/c1-3-4-14-27-25(31)20-10-5-6-11-22(20)28-24(30)18-12-13-21(26)23(16-18)34(32,33)29-19-9-7-8-17(2)15-19/h5-13,15-16,29H,3-4,14H2,1-2H3,(H,27,31)(H,28,30). The summed E-state index contributed by atoms with van der Waals surface area (Å²) in [5.74, 6) is -0.872. The number of benzene rings is 3. The molecule has 3 aromatic carbocycles. The molecule has 34 heavy (non-hydrogen) atoms. The normalized spacial score (nSPS) is 11.0. The first-order valence-electron chi connectivity index (χ1n) is 10.8. The van der Waals surface area contributed by atoms with Crippen LogP contribution in [0.2, 0.25) is 5.02 Å². The van der Waals surface area contributed by atoms with Crippen molar-refractivity contribution in [3.05, 3.63) is 88.4 Å². The maximum Gasteiger partial charge on any atom is 0.263 e. The van der Waals surface area contributed by atoms with Crippen molar-refractivity contribution in [1.29, 1.82) is 0 Å². The zero-order valence-electron chi connectivity index (χ0n) is 18.9. The van der Waals surface area contributed by atoms with Gasteiger partial charge in [0.1, 0.15) is 4.90 Å². The number of carbonyl (C=O) groups excluding carboxylic acids is 2. The van der Waals surface area contributed by atoms with Gasteiger partial charge in [0.25, 0.3) is 21.8 Å². The summed E-state index contributed by atoms with van der Waals surface area (Å²) in [6.07, 6.45) is 1.79. The second kappa shape index (κ2) is 11.2. The Balaban J connectivity index is 1.84. The molecule has 0 saturated heterocycles. The minimum atomic E-state index is -4.05. The zero-order chi connectivity index (χ0) is 24.7. The molecule has 0 spiro atoms. The monoisotopic (exact) mass is 499 g/mol. The summed E-state index contributed by atoms with van der Waals surface area (Å²) >= 11 is 6.17. The molecule has 0 aliphatic rings. The predicted octanol–water partition coefficient (Wildman–Crippen LogP) is 5.23. The number of rotatable bonds is 9. The van der Waals surface area contributed by atoms with Crippen LogP contribution in [0.1, 0.15) is 46.0 Å². The van der Waals surface area contributed by atoms with Gasteiger partial charge in [-0.25, -0.2) is 8.42 Å². The fourth-order valence-corrected chi connectivity index (χ4v) is 4.80. The van der Waals surface area contributed by atoms with Gasteiger partial charge in [0.05, 0.1) is 16.3 Å². The highest BCUT2D eigenvalue weighted by Gasteiger charge is 2.21. The molecule has 0 bridgehead atoms. The molecule has 0 heterocycles. The summed E-state index contributed by atoms with van der Waals surface area (Å²) in [5, 5.41) is 5.50. The molecular formula is C25H26ClN3O4S. The maximum absolute atomic E-state index is 13.0. The molecule has 0 aliphatic heterocycles. The first-order chi connectivity index (χ1) is 16.2. The van der Waals surface area contributed by atoms with E-state index in [0.29, 0.717) is 23.5 Å². The van der Waals surface area contributed by atoms with Gasteiger partial charge < -0.3 is 10.6 Å². The third-order valence-corrected chi connectivity index (χ3v) is 6.85. The van der Waals surface area contributed by atoms with E-state index in [-0.39, 0.29) is 21.4 Å². The molecule has 178 valence electrons. The molecule has 0 aromatic heterocycles. The van der Waals surface area contributed by atoms with E-state index in [9.17, 15) is 18.0 Å². The highest BCUT2D eigenvalue weighted by atomic mass is 35.5. The van der Waals surface area contributed by atoms with Crippen LogP contribution in [0.3, 0.4) is 0 Å². The molecule has 0 unspecified atom stereocenters. The van der Waals surface area contributed by atoms with E-state index in [2.05, 4.69) is 15.4 Å². The van der Waals surface area contributed by atoms with Crippen LogP contribution < -0.4 is 15.4 Å². The number of sulfonamides is 1. The van der Waals surface area contributed by atoms with Crippen LogP contribution in [0.15, 0.2) is 71.6 Å². The van der Waals surface area contributed by atoms with Crippen LogP contribution in [0.5, 0.6) is 0 Å². The summed E-state index contributed by atoms with van der Waals surface area (Å²) in [4.78, 5) is 25.2. The topological polar surface area (TPSA) is 104 Å². The van der Waals surface area contributed by atoms with Crippen LogP contribution in [0.4, 0.5) is 11.4 Å². The molecule has 0 aliphatic carbocycles. The molecule has 0 atom stereocenters. The number of amides is 2. The lowest BCUT2D eigenvalue weighted by atomic mass is 10.1. The molecule has 2 amide bonds. The van der Waals surface area contributed by atoms with Gasteiger partial charge in [-0.05, 0) is 61.4 Å². The number of carbonyl (C=O) groups is 2. The molecule has 0 saturated carbocycles. The number of aryl methyl sites for hydroxylation is 1. The SMILES string of the molecule is CCCCNC(=O)c1ccccc1NC(=O)c1ccc(Cl)c(S(=O)(=O)Nc2cccc(C)c2)c1. The van der Waals surface area contributed by atoms with Gasteiger partial charge in [0.2, 0.25) is 0 Å². The maximum atomic E-state index is 13.0. The van der Waals surface area contributed by atoms with Crippen molar-refractivity contribution < 1.29 is 18.0 Å². The Hall–Kier alpha value is -3.36. The summed E-state index contributed by atoms with van der Waals surface area (Å²) in [7, 11) is -4.05. The molecule has 9 heteroatoms. The van der Waals surface area contributed by atoms with Gasteiger partial charge in [-0.1, -0.05) is 49.2 Å². The lowest BCUT2D eigenvalue weighted by Gasteiger charge is -2.13. The largest absolute Gasteiger partial charge is 0.352 e. The minimum absolute atomic E-state index is 0.0209. The molecule has 0 fully saturated rings. The summed E-state index contributed by atoms with van der Waals surface area (Å²) in [6, 6.07) is 17.5. The molecule has 3 aromatic rings. The third-order valence-electron chi connectivity index (χ3n) is 4.99. The Morgan fingerprint density at radius 1 is 0.941 bits per heavy atom. The van der Waals surface area contributed by atoms with E-state index >= 15 is 0 Å². The molecule has 3 N–H and O–H groups in total. The number of halogens is 1.